The molecule has 31 heavy (non-hydrogen) atoms. The van der Waals surface area contributed by atoms with Gasteiger partial charge in [-0.1, -0.05) is 18.2 Å². The summed E-state index contributed by atoms with van der Waals surface area (Å²) in [6.07, 6.45) is 5.13. The molecule has 1 saturated heterocycles. The second kappa shape index (κ2) is 8.17. The van der Waals surface area contributed by atoms with E-state index >= 15 is 0 Å². The third-order valence-electron chi connectivity index (χ3n) is 5.80. The molecule has 0 unspecified atom stereocenters. The quantitative estimate of drug-likeness (QED) is 0.500. The van der Waals surface area contributed by atoms with E-state index in [2.05, 4.69) is 51.4 Å². The predicted octanol–water partition coefficient (Wildman–Crippen LogP) is 4.12. The Kier molecular flexibility index (Phi) is 5.21. The molecule has 3 aromatic heterocycles. The van der Waals surface area contributed by atoms with Crippen LogP contribution in [-0.4, -0.2) is 43.9 Å². The standard InChI is InChI=1S/C24H24FN5O/c1-16-5-4-10-30-20(17(2)28-24(16)30)14-29-11-12-31-21(15-29)23-22(26-8-9-27-23)18-6-3-7-19(25)13-18/h3-10,13,21H,11-12,14-15H2,1-2H3/t21-/m1/s1. The molecule has 6 nitrogen and oxygen atoms in total. The predicted molar refractivity (Wildman–Crippen MR) is 116 cm³/mol. The minimum absolute atomic E-state index is 0.234. The smallest absolute Gasteiger partial charge is 0.140 e. The first-order chi connectivity index (χ1) is 15.1. The van der Waals surface area contributed by atoms with Gasteiger partial charge in [0.15, 0.2) is 0 Å². The Morgan fingerprint density at radius 2 is 2.00 bits per heavy atom. The van der Waals surface area contributed by atoms with Crippen LogP contribution >= 0.6 is 0 Å². The van der Waals surface area contributed by atoms with Crippen molar-refractivity contribution in [1.29, 1.82) is 0 Å². The molecule has 0 spiro atoms. The first-order valence-corrected chi connectivity index (χ1v) is 10.4. The lowest BCUT2D eigenvalue weighted by Crippen LogP contribution is -2.38. The Balaban J connectivity index is 1.43. The fourth-order valence-corrected chi connectivity index (χ4v) is 4.22. The maximum atomic E-state index is 13.8. The molecule has 0 saturated carbocycles. The van der Waals surface area contributed by atoms with Crippen molar-refractivity contribution in [2.45, 2.75) is 26.5 Å². The average Bonchev–Trinajstić information content (AvgIpc) is 3.10. The Morgan fingerprint density at radius 3 is 2.87 bits per heavy atom. The Labute approximate surface area is 180 Å². The molecule has 0 N–H and O–H groups in total. The zero-order valence-electron chi connectivity index (χ0n) is 17.6. The van der Waals surface area contributed by atoms with Crippen molar-refractivity contribution in [2.75, 3.05) is 19.7 Å². The number of hydrogen-bond acceptors (Lipinski definition) is 5. The number of halogens is 1. The van der Waals surface area contributed by atoms with Crippen molar-refractivity contribution in [3.63, 3.8) is 0 Å². The molecule has 4 aromatic rings. The van der Waals surface area contributed by atoms with E-state index in [0.717, 1.165) is 35.7 Å². The number of benzene rings is 1. The van der Waals surface area contributed by atoms with Crippen molar-refractivity contribution < 1.29 is 9.13 Å². The third-order valence-corrected chi connectivity index (χ3v) is 5.80. The number of pyridine rings is 1. The topological polar surface area (TPSA) is 55.5 Å². The van der Waals surface area contributed by atoms with Crippen molar-refractivity contribution in [3.8, 4) is 11.3 Å². The molecule has 1 atom stereocenters. The summed E-state index contributed by atoms with van der Waals surface area (Å²) < 4.78 is 22.1. The lowest BCUT2D eigenvalue weighted by atomic mass is 10.0. The maximum Gasteiger partial charge on any atom is 0.140 e. The first-order valence-electron chi connectivity index (χ1n) is 10.4. The van der Waals surface area contributed by atoms with Gasteiger partial charge in [-0.3, -0.25) is 14.9 Å². The molecule has 1 fully saturated rings. The summed E-state index contributed by atoms with van der Waals surface area (Å²) in [6, 6.07) is 10.6. The highest BCUT2D eigenvalue weighted by molar-refractivity contribution is 5.62. The highest BCUT2D eigenvalue weighted by atomic mass is 19.1. The molecule has 0 aliphatic carbocycles. The number of fused-ring (bicyclic) bond motifs is 1. The van der Waals surface area contributed by atoms with E-state index in [-0.39, 0.29) is 11.9 Å². The van der Waals surface area contributed by atoms with Crippen LogP contribution in [0.5, 0.6) is 0 Å². The number of aromatic nitrogens is 4. The third kappa shape index (κ3) is 3.82. The molecular formula is C24H24FN5O. The lowest BCUT2D eigenvalue weighted by Gasteiger charge is -2.33. The Hall–Kier alpha value is -3.16. The molecule has 1 aliphatic rings. The monoisotopic (exact) mass is 417 g/mol. The lowest BCUT2D eigenvalue weighted by molar-refractivity contribution is -0.0353. The number of hydrogen-bond donors (Lipinski definition) is 0. The normalized spacial score (nSPS) is 17.3. The van der Waals surface area contributed by atoms with Crippen LogP contribution in [0.3, 0.4) is 0 Å². The Morgan fingerprint density at radius 1 is 1.13 bits per heavy atom. The first kappa shape index (κ1) is 19.8. The maximum absolute atomic E-state index is 13.8. The van der Waals surface area contributed by atoms with E-state index < -0.39 is 0 Å². The fraction of sp³-hybridized carbons (Fsp3) is 0.292. The summed E-state index contributed by atoms with van der Waals surface area (Å²) in [5, 5.41) is 0. The molecule has 0 bridgehead atoms. The van der Waals surface area contributed by atoms with Crippen LogP contribution in [0.25, 0.3) is 16.9 Å². The summed E-state index contributed by atoms with van der Waals surface area (Å²) in [4.78, 5) is 16.2. The average molecular weight is 417 g/mol. The molecule has 7 heteroatoms. The van der Waals surface area contributed by atoms with Crippen LogP contribution < -0.4 is 0 Å². The molecule has 0 radical (unpaired) electrons. The van der Waals surface area contributed by atoms with Gasteiger partial charge in [-0.25, -0.2) is 9.37 Å². The minimum atomic E-state index is -0.293. The van der Waals surface area contributed by atoms with Gasteiger partial charge in [0.25, 0.3) is 0 Å². The second-order valence-electron chi connectivity index (χ2n) is 7.92. The van der Waals surface area contributed by atoms with Crippen LogP contribution in [0, 0.1) is 19.7 Å². The van der Waals surface area contributed by atoms with Gasteiger partial charge in [0, 0.05) is 43.8 Å². The van der Waals surface area contributed by atoms with E-state index in [1.54, 1.807) is 18.5 Å². The molecule has 0 amide bonds. The van der Waals surface area contributed by atoms with Crippen LogP contribution in [0.2, 0.25) is 0 Å². The minimum Gasteiger partial charge on any atom is -0.369 e. The highest BCUT2D eigenvalue weighted by Gasteiger charge is 2.27. The zero-order valence-corrected chi connectivity index (χ0v) is 17.6. The molecule has 1 aromatic carbocycles. The van der Waals surface area contributed by atoms with Gasteiger partial charge in [-0.15, -0.1) is 0 Å². The van der Waals surface area contributed by atoms with Crippen molar-refractivity contribution in [3.05, 3.63) is 83.5 Å². The van der Waals surface area contributed by atoms with Gasteiger partial charge in [0.05, 0.1) is 29.4 Å². The van der Waals surface area contributed by atoms with Crippen LogP contribution in [0.1, 0.15) is 28.7 Å². The molecule has 5 rings (SSSR count). The molecule has 158 valence electrons. The number of ether oxygens (including phenoxy) is 1. The fourth-order valence-electron chi connectivity index (χ4n) is 4.22. The molecule has 1 aliphatic heterocycles. The number of rotatable bonds is 4. The van der Waals surface area contributed by atoms with Crippen molar-refractivity contribution in [1.82, 2.24) is 24.3 Å². The van der Waals surface area contributed by atoms with Gasteiger partial charge in [-0.2, -0.15) is 0 Å². The number of nitrogens with zero attached hydrogens (tertiary/aromatic N) is 5. The van der Waals surface area contributed by atoms with Gasteiger partial charge in [0.2, 0.25) is 0 Å². The van der Waals surface area contributed by atoms with E-state index in [9.17, 15) is 4.39 Å². The van der Waals surface area contributed by atoms with E-state index in [4.69, 9.17) is 9.72 Å². The largest absolute Gasteiger partial charge is 0.369 e. The van der Waals surface area contributed by atoms with E-state index in [1.807, 2.05) is 6.07 Å². The summed E-state index contributed by atoms with van der Waals surface area (Å²) in [5.74, 6) is -0.293. The van der Waals surface area contributed by atoms with Gasteiger partial charge >= 0.3 is 0 Å². The molecular weight excluding hydrogens is 393 g/mol. The van der Waals surface area contributed by atoms with Gasteiger partial charge in [-0.05, 0) is 37.6 Å². The summed E-state index contributed by atoms with van der Waals surface area (Å²) in [5.41, 5.74) is 6.50. The highest BCUT2D eigenvalue weighted by Crippen LogP contribution is 2.30. The van der Waals surface area contributed by atoms with Gasteiger partial charge in [0.1, 0.15) is 17.6 Å². The summed E-state index contributed by atoms with van der Waals surface area (Å²) in [6.45, 7) is 7.01. The van der Waals surface area contributed by atoms with Crippen LogP contribution in [0.4, 0.5) is 4.39 Å². The number of morpholine rings is 1. The van der Waals surface area contributed by atoms with Crippen molar-refractivity contribution >= 4 is 5.65 Å². The molecule has 4 heterocycles. The van der Waals surface area contributed by atoms with Crippen molar-refractivity contribution in [2.24, 2.45) is 0 Å². The van der Waals surface area contributed by atoms with Gasteiger partial charge < -0.3 is 9.14 Å². The zero-order chi connectivity index (χ0) is 21.4. The van der Waals surface area contributed by atoms with Crippen LogP contribution in [-0.2, 0) is 11.3 Å². The van der Waals surface area contributed by atoms with Crippen LogP contribution in [0.15, 0.2) is 55.0 Å². The summed E-state index contributed by atoms with van der Waals surface area (Å²) >= 11 is 0. The number of aryl methyl sites for hydroxylation is 2. The Bertz CT molecular complexity index is 1240. The second-order valence-corrected chi connectivity index (χ2v) is 7.92. The summed E-state index contributed by atoms with van der Waals surface area (Å²) in [7, 11) is 0. The van der Waals surface area contributed by atoms with E-state index in [0.29, 0.717) is 24.4 Å². The number of imidazole rings is 1. The SMILES string of the molecule is Cc1nc2c(C)cccn2c1CN1CCO[C@@H](c2nccnc2-c2cccc(F)c2)C1. The van der Waals surface area contributed by atoms with E-state index in [1.165, 1.54) is 17.8 Å².